The van der Waals surface area contributed by atoms with Gasteiger partial charge in [-0.25, -0.2) is 9.18 Å². The van der Waals surface area contributed by atoms with E-state index in [0.29, 0.717) is 12.0 Å². The minimum atomic E-state index is -2.14. The van der Waals surface area contributed by atoms with Crippen LogP contribution in [0.3, 0.4) is 0 Å². The fourth-order valence-electron chi connectivity index (χ4n) is 7.49. The summed E-state index contributed by atoms with van der Waals surface area (Å²) in [6, 6.07) is 0. The molecule has 0 aromatic heterocycles. The Morgan fingerprint density at radius 3 is 2.53 bits per heavy atom. The first-order valence-corrected chi connectivity index (χ1v) is 11.6. The SMILES string of the molecule is CCC(=O)O[C@]1(C(=O)O)[C@H](C)CC2C3C[C@H](Cl)C4=CC(=O)C=C[C@]4(C)[C@@]3(F)[C@@H](O)C[C@@]21C. The van der Waals surface area contributed by atoms with Gasteiger partial charge in [0.15, 0.2) is 11.5 Å². The van der Waals surface area contributed by atoms with E-state index in [-0.39, 0.29) is 25.0 Å². The quantitative estimate of drug-likeness (QED) is 0.485. The van der Waals surface area contributed by atoms with Crippen LogP contribution in [0.2, 0.25) is 0 Å². The highest BCUT2D eigenvalue weighted by atomic mass is 35.5. The zero-order chi connectivity index (χ0) is 23.9. The van der Waals surface area contributed by atoms with E-state index in [1.54, 1.807) is 27.7 Å². The van der Waals surface area contributed by atoms with Gasteiger partial charge in [0.2, 0.25) is 5.60 Å². The van der Waals surface area contributed by atoms with Gasteiger partial charge in [-0.05, 0) is 49.8 Å². The molecule has 6 nitrogen and oxygen atoms in total. The molecule has 2 unspecified atom stereocenters. The number of aliphatic hydroxyl groups excluding tert-OH is 1. The molecule has 9 atom stereocenters. The number of aliphatic carboxylic acids is 1. The lowest BCUT2D eigenvalue weighted by Gasteiger charge is -2.63. The van der Waals surface area contributed by atoms with Gasteiger partial charge in [-0.2, -0.15) is 0 Å². The number of alkyl halides is 2. The van der Waals surface area contributed by atoms with Gasteiger partial charge in [0, 0.05) is 29.1 Å². The fraction of sp³-hybridized carbons (Fsp3) is 0.708. The van der Waals surface area contributed by atoms with Crippen molar-refractivity contribution in [2.24, 2.45) is 28.6 Å². The number of fused-ring (bicyclic) bond motifs is 5. The van der Waals surface area contributed by atoms with E-state index < -0.39 is 63.3 Å². The van der Waals surface area contributed by atoms with E-state index in [1.165, 1.54) is 18.2 Å². The Bertz CT molecular complexity index is 947. The molecular formula is C24H30ClFO6. The lowest BCUT2D eigenvalue weighted by molar-refractivity contribution is -0.234. The summed E-state index contributed by atoms with van der Waals surface area (Å²) in [5.41, 5.74) is -6.06. The van der Waals surface area contributed by atoms with Gasteiger partial charge >= 0.3 is 11.9 Å². The normalized spacial score (nSPS) is 49.5. The highest BCUT2D eigenvalue weighted by molar-refractivity contribution is 6.23. The fourth-order valence-corrected chi connectivity index (χ4v) is 7.97. The van der Waals surface area contributed by atoms with E-state index in [2.05, 4.69) is 0 Å². The Kier molecular flexibility index (Phi) is 5.22. The first kappa shape index (κ1) is 23.4. The molecule has 0 heterocycles. The van der Waals surface area contributed by atoms with Crippen LogP contribution in [0.5, 0.6) is 0 Å². The molecule has 3 saturated carbocycles. The number of carbonyl (C=O) groups is 3. The van der Waals surface area contributed by atoms with Crippen LogP contribution in [0.25, 0.3) is 0 Å². The average Bonchev–Trinajstić information content (AvgIpc) is 2.93. The second kappa shape index (κ2) is 7.13. The van der Waals surface area contributed by atoms with Crippen LogP contribution in [0, 0.1) is 28.6 Å². The topological polar surface area (TPSA) is 101 Å². The molecule has 8 heteroatoms. The third-order valence-corrected chi connectivity index (χ3v) is 9.46. The maximum Gasteiger partial charge on any atom is 0.349 e. The van der Waals surface area contributed by atoms with Crippen molar-refractivity contribution in [3.63, 3.8) is 0 Å². The van der Waals surface area contributed by atoms with E-state index in [1.807, 2.05) is 0 Å². The summed E-state index contributed by atoms with van der Waals surface area (Å²) in [5, 5.41) is 21.0. The smallest absolute Gasteiger partial charge is 0.349 e. The summed E-state index contributed by atoms with van der Waals surface area (Å²) in [5.74, 6) is -4.03. The number of rotatable bonds is 3. The minimum absolute atomic E-state index is 0.0102. The number of esters is 1. The van der Waals surface area contributed by atoms with E-state index in [0.717, 1.165) is 0 Å². The van der Waals surface area contributed by atoms with Crippen LogP contribution in [-0.2, 0) is 19.1 Å². The third kappa shape index (κ3) is 2.58. The van der Waals surface area contributed by atoms with Crippen LogP contribution >= 0.6 is 11.6 Å². The predicted molar refractivity (Wildman–Crippen MR) is 115 cm³/mol. The number of carboxylic acids is 1. The molecule has 3 fully saturated rings. The number of ketones is 1. The monoisotopic (exact) mass is 468 g/mol. The molecule has 0 saturated heterocycles. The van der Waals surface area contributed by atoms with Crippen molar-refractivity contribution in [1.82, 2.24) is 0 Å². The van der Waals surface area contributed by atoms with Gasteiger partial charge in [-0.15, -0.1) is 11.6 Å². The molecule has 0 aromatic rings. The summed E-state index contributed by atoms with van der Waals surface area (Å²) in [4.78, 5) is 36.9. The van der Waals surface area contributed by atoms with Crippen molar-refractivity contribution in [1.29, 1.82) is 0 Å². The molecule has 0 aliphatic heterocycles. The van der Waals surface area contributed by atoms with Crippen LogP contribution in [-0.4, -0.2) is 50.7 Å². The number of ether oxygens (including phenoxy) is 1. The summed E-state index contributed by atoms with van der Waals surface area (Å²) in [7, 11) is 0. The molecule has 4 rings (SSSR count). The zero-order valence-corrected chi connectivity index (χ0v) is 19.5. The van der Waals surface area contributed by atoms with E-state index >= 15 is 4.39 Å². The molecule has 0 bridgehead atoms. The second-order valence-corrected chi connectivity index (χ2v) is 10.9. The molecule has 0 amide bonds. The van der Waals surface area contributed by atoms with Crippen molar-refractivity contribution in [3.05, 3.63) is 23.8 Å². The predicted octanol–water partition coefficient (Wildman–Crippen LogP) is 3.60. The van der Waals surface area contributed by atoms with E-state index in [4.69, 9.17) is 16.3 Å². The zero-order valence-electron chi connectivity index (χ0n) is 18.7. The number of carbonyl (C=O) groups excluding carboxylic acids is 2. The maximum absolute atomic E-state index is 17.2. The molecule has 2 N–H and O–H groups in total. The van der Waals surface area contributed by atoms with Gasteiger partial charge in [0.05, 0.1) is 11.5 Å². The molecule has 32 heavy (non-hydrogen) atoms. The number of aliphatic hydroxyl groups is 1. The number of halogens is 2. The van der Waals surface area contributed by atoms with Gasteiger partial charge in [-0.3, -0.25) is 9.59 Å². The molecule has 0 spiro atoms. The minimum Gasteiger partial charge on any atom is -0.478 e. The number of carboxylic acid groups (broad SMARTS) is 1. The Balaban J connectivity index is 1.87. The van der Waals surface area contributed by atoms with Crippen LogP contribution < -0.4 is 0 Å². The number of hydrogen-bond donors (Lipinski definition) is 2. The highest BCUT2D eigenvalue weighted by Gasteiger charge is 2.78. The second-order valence-electron chi connectivity index (χ2n) is 10.4. The Hall–Kier alpha value is -1.73. The van der Waals surface area contributed by atoms with Crippen LogP contribution in [0.15, 0.2) is 23.8 Å². The third-order valence-electron chi connectivity index (χ3n) is 9.05. The maximum atomic E-state index is 17.2. The van der Waals surface area contributed by atoms with Crippen molar-refractivity contribution >= 4 is 29.3 Å². The van der Waals surface area contributed by atoms with Gasteiger partial charge < -0.3 is 14.9 Å². The molecular weight excluding hydrogens is 439 g/mol. The lowest BCUT2D eigenvalue weighted by Crippen LogP contribution is -2.70. The first-order valence-electron chi connectivity index (χ1n) is 11.2. The Labute approximate surface area is 191 Å². The van der Waals surface area contributed by atoms with E-state index in [9.17, 15) is 24.6 Å². The highest BCUT2D eigenvalue weighted by Crippen LogP contribution is 2.71. The number of hydrogen-bond acceptors (Lipinski definition) is 5. The molecule has 4 aliphatic carbocycles. The van der Waals surface area contributed by atoms with Crippen molar-refractivity contribution in [2.75, 3.05) is 0 Å². The Morgan fingerprint density at radius 2 is 1.94 bits per heavy atom. The van der Waals surface area contributed by atoms with Gasteiger partial charge in [0.1, 0.15) is 0 Å². The first-order chi connectivity index (χ1) is 14.8. The van der Waals surface area contributed by atoms with Crippen LogP contribution in [0.4, 0.5) is 4.39 Å². The van der Waals surface area contributed by atoms with Crippen molar-refractivity contribution in [2.45, 2.75) is 76.1 Å². The van der Waals surface area contributed by atoms with Crippen molar-refractivity contribution in [3.8, 4) is 0 Å². The summed E-state index contributed by atoms with van der Waals surface area (Å²) in [6.07, 6.45) is 2.93. The summed E-state index contributed by atoms with van der Waals surface area (Å²) in [6.45, 7) is 6.64. The summed E-state index contributed by atoms with van der Waals surface area (Å²) >= 11 is 6.68. The summed E-state index contributed by atoms with van der Waals surface area (Å²) < 4.78 is 22.8. The molecule has 0 radical (unpaired) electrons. The van der Waals surface area contributed by atoms with Crippen molar-refractivity contribution < 1.29 is 33.7 Å². The largest absolute Gasteiger partial charge is 0.478 e. The van der Waals surface area contributed by atoms with Crippen LogP contribution in [0.1, 0.15) is 53.4 Å². The molecule has 0 aromatic carbocycles. The number of allylic oxidation sites excluding steroid dienone is 4. The molecule has 176 valence electrons. The van der Waals surface area contributed by atoms with Gasteiger partial charge in [-0.1, -0.05) is 26.8 Å². The Morgan fingerprint density at radius 1 is 1.28 bits per heavy atom. The standard InChI is InChI=1S/C24H30ClFO6/c1-5-19(29)32-24(20(30)31)12(2)8-14-15-10-17(25)16-9-13(27)6-7-21(16,3)23(15,26)18(28)11-22(14,24)4/h6-7,9,12,14-15,17-18,28H,5,8,10-11H2,1-4H3,(H,30,31)/t12-,14?,15?,17+,18+,21+,22+,23+,24+/m1/s1. The average molecular weight is 469 g/mol. The molecule has 4 aliphatic rings. The van der Waals surface area contributed by atoms with Gasteiger partial charge in [0.25, 0.3) is 0 Å². The lowest BCUT2D eigenvalue weighted by atomic mass is 9.44.